The number of methoxy groups -OCH3 is 1. The molecule has 0 aliphatic heterocycles. The summed E-state index contributed by atoms with van der Waals surface area (Å²) in [6.07, 6.45) is -4.02. The lowest BCUT2D eigenvalue weighted by Crippen LogP contribution is -2.46. The normalized spacial score (nSPS) is 12.9. The summed E-state index contributed by atoms with van der Waals surface area (Å²) < 4.78 is 74.9. The second kappa shape index (κ2) is 11.0. The minimum atomic E-state index is -4.71. The van der Waals surface area contributed by atoms with Crippen molar-refractivity contribution >= 4 is 16.1 Å². The van der Waals surface area contributed by atoms with E-state index < -0.39 is 26.8 Å². The number of nitrogens with one attached hydrogen (secondary N) is 1. The third-order valence-corrected chi connectivity index (χ3v) is 6.26. The van der Waals surface area contributed by atoms with Gasteiger partial charge in [0, 0.05) is 18.6 Å². The molecule has 0 aliphatic carbocycles. The number of amides is 2. The summed E-state index contributed by atoms with van der Waals surface area (Å²) >= 11 is 0. The summed E-state index contributed by atoms with van der Waals surface area (Å²) in [7, 11) is -3.29. The molecule has 34 heavy (non-hydrogen) atoms. The number of halogens is 3. The summed E-state index contributed by atoms with van der Waals surface area (Å²) in [5.74, 6) is -0.133. The van der Waals surface area contributed by atoms with Gasteiger partial charge in [-0.15, -0.1) is 0 Å². The van der Waals surface area contributed by atoms with Gasteiger partial charge in [-0.1, -0.05) is 19.1 Å². The van der Waals surface area contributed by atoms with Crippen LogP contribution in [0.1, 0.15) is 45.2 Å². The Hall–Kier alpha value is -2.95. The number of hydrogen-bond acceptors (Lipinski definition) is 5. The Morgan fingerprint density at radius 1 is 1.09 bits per heavy atom. The van der Waals surface area contributed by atoms with Gasteiger partial charge >= 0.3 is 22.3 Å². The monoisotopic (exact) mass is 502 g/mol. The summed E-state index contributed by atoms with van der Waals surface area (Å²) in [6.45, 7) is 7.65. The van der Waals surface area contributed by atoms with Gasteiger partial charge in [-0.05, 0) is 63.1 Å². The highest BCUT2D eigenvalue weighted by atomic mass is 32.2. The number of ether oxygens (including phenoxy) is 1. The van der Waals surface area contributed by atoms with Crippen LogP contribution in [0.2, 0.25) is 0 Å². The Morgan fingerprint density at radius 2 is 1.76 bits per heavy atom. The molecule has 2 aromatic carbocycles. The van der Waals surface area contributed by atoms with Crippen LogP contribution in [0.15, 0.2) is 47.4 Å². The molecule has 1 unspecified atom stereocenters. The summed E-state index contributed by atoms with van der Waals surface area (Å²) in [6, 6.07) is 7.33. The van der Waals surface area contributed by atoms with Gasteiger partial charge in [-0.3, -0.25) is 0 Å². The number of carbonyl (C=O) groups excluding carboxylic acids is 1. The highest BCUT2D eigenvalue weighted by molar-refractivity contribution is 7.87. The second-order valence-corrected chi connectivity index (χ2v) is 9.58. The van der Waals surface area contributed by atoms with Crippen LogP contribution in [0.5, 0.6) is 11.5 Å². The number of urea groups is 1. The largest absolute Gasteiger partial charge is 0.493 e. The Labute approximate surface area is 198 Å². The van der Waals surface area contributed by atoms with Crippen LogP contribution in [0.25, 0.3) is 0 Å². The fourth-order valence-corrected chi connectivity index (χ4v) is 4.03. The first-order valence-corrected chi connectivity index (χ1v) is 12.0. The van der Waals surface area contributed by atoms with E-state index in [9.17, 15) is 26.4 Å². The third kappa shape index (κ3) is 7.02. The maximum atomic E-state index is 13.0. The van der Waals surface area contributed by atoms with Gasteiger partial charge in [-0.25, -0.2) is 4.79 Å². The van der Waals surface area contributed by atoms with E-state index in [0.717, 1.165) is 18.2 Å². The number of rotatable bonds is 9. The smallest absolute Gasteiger partial charge is 0.416 e. The number of carbonyl (C=O) groups is 1. The highest BCUT2D eigenvalue weighted by Crippen LogP contribution is 2.34. The number of alkyl halides is 3. The van der Waals surface area contributed by atoms with Crippen molar-refractivity contribution in [3.8, 4) is 11.5 Å². The standard InChI is InChI=1S/C23H29F3N2O5S/c1-6-16(4)28(22(29)27-15(2)3)14-17-10-11-20(32-5)21(12-17)33-34(30,31)19-9-7-8-18(13-19)23(24,25)26/h7-13,15-16H,6,14H2,1-5H3,(H,27,29). The summed E-state index contributed by atoms with van der Waals surface area (Å²) in [5, 5.41) is 2.84. The van der Waals surface area contributed by atoms with Crippen molar-refractivity contribution in [3.63, 3.8) is 0 Å². The maximum Gasteiger partial charge on any atom is 0.416 e. The molecule has 1 N–H and O–H groups in total. The molecule has 0 radical (unpaired) electrons. The molecule has 0 heterocycles. The lowest BCUT2D eigenvalue weighted by atomic mass is 10.1. The van der Waals surface area contributed by atoms with Gasteiger partial charge in [0.05, 0.1) is 12.7 Å². The molecule has 0 saturated carbocycles. The van der Waals surface area contributed by atoms with Crippen LogP contribution < -0.4 is 14.2 Å². The molecule has 1 atom stereocenters. The SMILES string of the molecule is CCC(C)N(Cc1ccc(OC)c(OS(=O)(=O)c2cccc(C(F)(F)F)c2)c1)C(=O)NC(C)C. The quantitative estimate of drug-likeness (QED) is 0.477. The van der Waals surface area contributed by atoms with Crippen LogP contribution in [0, 0.1) is 0 Å². The maximum absolute atomic E-state index is 13.0. The van der Waals surface area contributed by atoms with Crippen LogP contribution in [-0.4, -0.2) is 38.5 Å². The van der Waals surface area contributed by atoms with Crippen LogP contribution in [0.4, 0.5) is 18.0 Å². The zero-order valence-corrected chi connectivity index (χ0v) is 20.5. The third-order valence-electron chi connectivity index (χ3n) is 5.03. The molecular weight excluding hydrogens is 473 g/mol. The molecule has 0 spiro atoms. The van der Waals surface area contributed by atoms with Crippen molar-refractivity contribution in [2.45, 2.75) is 63.8 Å². The summed E-state index contributed by atoms with van der Waals surface area (Å²) in [4.78, 5) is 13.6. The van der Waals surface area contributed by atoms with Crippen LogP contribution in [-0.2, 0) is 22.8 Å². The number of nitrogens with zero attached hydrogens (tertiary/aromatic N) is 1. The van der Waals surface area contributed by atoms with Gasteiger partial charge in [0.2, 0.25) is 0 Å². The second-order valence-electron chi connectivity index (χ2n) is 8.04. The molecule has 188 valence electrons. The van der Waals surface area contributed by atoms with E-state index in [-0.39, 0.29) is 36.2 Å². The minimum absolute atomic E-state index is 0.0704. The van der Waals surface area contributed by atoms with Crippen LogP contribution in [0.3, 0.4) is 0 Å². The molecule has 2 amide bonds. The lowest BCUT2D eigenvalue weighted by molar-refractivity contribution is -0.137. The first-order valence-electron chi connectivity index (χ1n) is 10.6. The van der Waals surface area contributed by atoms with Crippen molar-refractivity contribution in [1.29, 1.82) is 0 Å². The first kappa shape index (κ1) is 27.3. The number of hydrogen-bond donors (Lipinski definition) is 1. The van der Waals surface area contributed by atoms with E-state index in [1.807, 2.05) is 27.7 Å². The zero-order valence-electron chi connectivity index (χ0n) is 19.6. The first-order chi connectivity index (χ1) is 15.8. The predicted octanol–water partition coefficient (Wildman–Crippen LogP) is 5.20. The van der Waals surface area contributed by atoms with E-state index >= 15 is 0 Å². The molecule has 0 bridgehead atoms. The van der Waals surface area contributed by atoms with E-state index in [4.69, 9.17) is 8.92 Å². The minimum Gasteiger partial charge on any atom is -0.493 e. The van der Waals surface area contributed by atoms with E-state index in [2.05, 4.69) is 5.32 Å². The van der Waals surface area contributed by atoms with Gasteiger partial charge in [0.1, 0.15) is 4.90 Å². The molecule has 2 aromatic rings. The predicted molar refractivity (Wildman–Crippen MR) is 121 cm³/mol. The average molecular weight is 503 g/mol. The van der Waals surface area contributed by atoms with Crippen molar-refractivity contribution in [2.75, 3.05) is 7.11 Å². The Kier molecular flexibility index (Phi) is 8.82. The van der Waals surface area contributed by atoms with Gasteiger partial charge < -0.3 is 19.1 Å². The number of benzene rings is 2. The molecule has 11 heteroatoms. The van der Waals surface area contributed by atoms with E-state index in [1.165, 1.54) is 19.2 Å². The molecule has 2 rings (SSSR count). The Bertz CT molecular complexity index is 1100. The van der Waals surface area contributed by atoms with Gasteiger partial charge in [0.15, 0.2) is 11.5 Å². The topological polar surface area (TPSA) is 84.9 Å². The summed E-state index contributed by atoms with van der Waals surface area (Å²) in [5.41, 5.74) is -0.563. The fourth-order valence-electron chi connectivity index (χ4n) is 3.05. The van der Waals surface area contributed by atoms with Gasteiger partial charge in [-0.2, -0.15) is 21.6 Å². The van der Waals surface area contributed by atoms with Crippen molar-refractivity contribution in [3.05, 3.63) is 53.6 Å². The van der Waals surface area contributed by atoms with Crippen molar-refractivity contribution in [2.24, 2.45) is 0 Å². The zero-order chi connectivity index (χ0) is 25.7. The van der Waals surface area contributed by atoms with Crippen LogP contribution >= 0.6 is 0 Å². The Morgan fingerprint density at radius 3 is 2.32 bits per heavy atom. The highest BCUT2D eigenvalue weighted by Gasteiger charge is 2.32. The lowest BCUT2D eigenvalue weighted by Gasteiger charge is -2.30. The van der Waals surface area contributed by atoms with E-state index in [1.54, 1.807) is 11.0 Å². The van der Waals surface area contributed by atoms with E-state index in [0.29, 0.717) is 18.1 Å². The molecule has 0 aromatic heterocycles. The van der Waals surface area contributed by atoms with Crippen molar-refractivity contribution < 1.29 is 35.3 Å². The molecule has 0 aliphatic rings. The van der Waals surface area contributed by atoms with Gasteiger partial charge in [0.25, 0.3) is 0 Å². The molecule has 7 nitrogen and oxygen atoms in total. The van der Waals surface area contributed by atoms with Crippen molar-refractivity contribution in [1.82, 2.24) is 10.2 Å². The molecule has 0 fully saturated rings. The Balaban J connectivity index is 2.39. The molecular formula is C23H29F3N2O5S. The fraction of sp³-hybridized carbons (Fsp3) is 0.435. The average Bonchev–Trinajstić information content (AvgIpc) is 2.76. The molecule has 0 saturated heterocycles.